The average molecular weight is 569 g/mol. The van der Waals surface area contributed by atoms with E-state index in [2.05, 4.69) is 24.9 Å². The number of aromatic nitrogens is 5. The van der Waals surface area contributed by atoms with Gasteiger partial charge >= 0.3 is 0 Å². The van der Waals surface area contributed by atoms with Crippen molar-refractivity contribution in [1.82, 2.24) is 24.7 Å². The summed E-state index contributed by atoms with van der Waals surface area (Å²) in [5.74, 6) is 1.22. The Labute approximate surface area is 225 Å². The fraction of sp³-hybridized carbons (Fsp3) is 0.478. The summed E-state index contributed by atoms with van der Waals surface area (Å²) in [6.07, 6.45) is 2.38. The van der Waals surface area contributed by atoms with Gasteiger partial charge in [0.1, 0.15) is 35.1 Å². The van der Waals surface area contributed by atoms with E-state index >= 15 is 0 Å². The van der Waals surface area contributed by atoms with Crippen LogP contribution in [0.1, 0.15) is 31.1 Å². The molecule has 38 heavy (non-hydrogen) atoms. The molecule has 1 unspecified atom stereocenters. The Bertz CT molecular complexity index is 1310. The van der Waals surface area contributed by atoms with Gasteiger partial charge in [-0.25, -0.2) is 18.4 Å². The maximum absolute atomic E-state index is 13.5. The molecular formula is C23H29ClN6O7S. The van der Waals surface area contributed by atoms with Crippen molar-refractivity contribution in [1.29, 1.82) is 0 Å². The smallest absolute Gasteiger partial charge is 0.243 e. The molecule has 0 amide bonds. The molecule has 0 bridgehead atoms. The molecule has 0 aliphatic carbocycles. The van der Waals surface area contributed by atoms with Crippen LogP contribution in [0.4, 0.5) is 5.95 Å². The Kier molecular flexibility index (Phi) is 8.99. The van der Waals surface area contributed by atoms with Gasteiger partial charge < -0.3 is 23.7 Å². The maximum atomic E-state index is 13.5. The third-order valence-electron chi connectivity index (χ3n) is 5.99. The summed E-state index contributed by atoms with van der Waals surface area (Å²) in [7, 11) is 0.242. The third kappa shape index (κ3) is 5.99. The zero-order chi connectivity index (χ0) is 27.3. The Hall–Kier alpha value is -3.04. The lowest BCUT2D eigenvalue weighted by Gasteiger charge is -2.23. The normalized spacial score (nSPS) is 17.2. The number of hydrogen-bond donors (Lipinski definition) is 1. The van der Waals surface area contributed by atoms with Crippen LogP contribution >= 0.6 is 11.6 Å². The summed E-state index contributed by atoms with van der Waals surface area (Å²) in [6, 6.07) is 5.18. The van der Waals surface area contributed by atoms with Crippen LogP contribution < -0.4 is 14.2 Å². The summed E-state index contributed by atoms with van der Waals surface area (Å²) < 4.78 is 59.0. The number of rotatable bonds is 12. The van der Waals surface area contributed by atoms with Crippen molar-refractivity contribution in [3.05, 3.63) is 47.3 Å². The minimum atomic E-state index is -4.12. The molecule has 1 aromatic carbocycles. The average Bonchev–Trinajstić information content (AvgIpc) is 3.58. The summed E-state index contributed by atoms with van der Waals surface area (Å²) in [5.41, 5.74) is 0.401. The van der Waals surface area contributed by atoms with E-state index in [-0.39, 0.29) is 24.5 Å². The number of sulfonamides is 1. The number of nitrogens with one attached hydrogen (secondary N) is 1. The first-order chi connectivity index (χ1) is 18.3. The van der Waals surface area contributed by atoms with Gasteiger partial charge in [-0.3, -0.25) is 9.29 Å². The second-order valence-corrected chi connectivity index (χ2v) is 10.8. The van der Waals surface area contributed by atoms with Crippen molar-refractivity contribution in [3.63, 3.8) is 0 Å². The first-order valence-corrected chi connectivity index (χ1v) is 13.6. The van der Waals surface area contributed by atoms with E-state index in [0.29, 0.717) is 41.2 Å². The highest BCUT2D eigenvalue weighted by Gasteiger charge is 2.35. The molecule has 1 aliphatic heterocycles. The van der Waals surface area contributed by atoms with E-state index in [1.54, 1.807) is 18.2 Å². The molecule has 1 fully saturated rings. The SMILES string of the molecule is COc1cccc(OC)c1-n1c(COC2CCOC2)nnc1NS(=O)(=O)[C@@H](C)[C@H](OC)c1ncc(Cl)cn1. The highest BCUT2D eigenvalue weighted by atomic mass is 35.5. The molecule has 1 aliphatic rings. The zero-order valence-electron chi connectivity index (χ0n) is 21.3. The highest BCUT2D eigenvalue weighted by molar-refractivity contribution is 7.93. The summed E-state index contributed by atoms with van der Waals surface area (Å²) >= 11 is 5.88. The summed E-state index contributed by atoms with van der Waals surface area (Å²) in [4.78, 5) is 8.23. The molecule has 13 nitrogen and oxygen atoms in total. The predicted octanol–water partition coefficient (Wildman–Crippen LogP) is 2.55. The number of nitrogens with zero attached hydrogens (tertiary/aromatic N) is 5. The first-order valence-electron chi connectivity index (χ1n) is 11.7. The van der Waals surface area contributed by atoms with Crippen molar-refractivity contribution in [2.24, 2.45) is 0 Å². The Morgan fingerprint density at radius 3 is 2.42 bits per heavy atom. The number of para-hydroxylation sites is 1. The second kappa shape index (κ2) is 12.2. The largest absolute Gasteiger partial charge is 0.494 e. The van der Waals surface area contributed by atoms with E-state index in [0.717, 1.165) is 6.42 Å². The topological polar surface area (TPSA) is 149 Å². The van der Waals surface area contributed by atoms with Gasteiger partial charge in [-0.1, -0.05) is 17.7 Å². The van der Waals surface area contributed by atoms with Gasteiger partial charge in [-0.2, -0.15) is 0 Å². The van der Waals surface area contributed by atoms with Crippen LogP contribution in [0.25, 0.3) is 5.69 Å². The summed E-state index contributed by atoms with van der Waals surface area (Å²) in [5, 5.41) is 7.54. The van der Waals surface area contributed by atoms with Crippen LogP contribution in [0.5, 0.6) is 11.5 Å². The fourth-order valence-corrected chi connectivity index (χ4v) is 5.19. The molecule has 0 spiro atoms. The molecule has 4 rings (SSSR count). The minimum Gasteiger partial charge on any atom is -0.494 e. The van der Waals surface area contributed by atoms with Crippen molar-refractivity contribution in [3.8, 4) is 17.2 Å². The number of methoxy groups -OCH3 is 3. The van der Waals surface area contributed by atoms with E-state index in [1.807, 2.05) is 0 Å². The monoisotopic (exact) mass is 568 g/mol. The molecule has 1 N–H and O–H groups in total. The van der Waals surface area contributed by atoms with Gasteiger partial charge in [0.2, 0.25) is 16.0 Å². The Morgan fingerprint density at radius 2 is 1.84 bits per heavy atom. The molecule has 1 saturated heterocycles. The van der Waals surface area contributed by atoms with Gasteiger partial charge in [0.15, 0.2) is 11.6 Å². The zero-order valence-corrected chi connectivity index (χ0v) is 22.9. The minimum absolute atomic E-state index is 0.0405. The van der Waals surface area contributed by atoms with Gasteiger partial charge in [0.25, 0.3) is 0 Å². The van der Waals surface area contributed by atoms with Gasteiger partial charge in [-0.05, 0) is 25.5 Å². The van der Waals surface area contributed by atoms with E-state index in [9.17, 15) is 8.42 Å². The Balaban J connectivity index is 1.72. The molecule has 206 valence electrons. The fourth-order valence-electron chi connectivity index (χ4n) is 3.96. The standard InChI is InChI=1S/C23H29ClN6O7S/c1-14(21(35-4)22-25-10-15(24)11-26-22)38(31,32)29-23-28-27-19(13-37-16-8-9-36-12-16)30(23)20-17(33-2)6-5-7-18(20)34-3/h5-7,10-11,14,16,21H,8-9,12-13H2,1-4H3,(H,28,29)/t14-,16?,21-/m0/s1. The van der Waals surface area contributed by atoms with Crippen molar-refractivity contribution >= 4 is 27.6 Å². The molecule has 0 radical (unpaired) electrons. The van der Waals surface area contributed by atoms with E-state index in [1.165, 1.54) is 45.2 Å². The number of anilines is 1. The highest BCUT2D eigenvalue weighted by Crippen LogP contribution is 2.36. The number of halogens is 1. The van der Waals surface area contributed by atoms with Crippen LogP contribution in [-0.2, 0) is 30.8 Å². The number of hydrogen-bond acceptors (Lipinski definition) is 11. The van der Waals surface area contributed by atoms with Crippen LogP contribution in [0, 0.1) is 0 Å². The molecule has 15 heteroatoms. The number of benzene rings is 1. The number of ether oxygens (including phenoxy) is 5. The van der Waals surface area contributed by atoms with Gasteiger partial charge in [0.05, 0.1) is 32.0 Å². The molecule has 2 aromatic heterocycles. The van der Waals surface area contributed by atoms with Crippen molar-refractivity contribution in [2.45, 2.75) is 37.4 Å². The third-order valence-corrected chi connectivity index (χ3v) is 7.88. The van der Waals surface area contributed by atoms with E-state index in [4.69, 9.17) is 35.3 Å². The van der Waals surface area contributed by atoms with Crippen LogP contribution in [0.3, 0.4) is 0 Å². The summed E-state index contributed by atoms with van der Waals surface area (Å²) in [6.45, 7) is 2.59. The van der Waals surface area contributed by atoms with Crippen molar-refractivity contribution < 1.29 is 32.1 Å². The second-order valence-electron chi connectivity index (χ2n) is 8.35. The van der Waals surface area contributed by atoms with Gasteiger partial charge in [-0.15, -0.1) is 10.2 Å². The first kappa shape index (κ1) is 28.0. The molecule has 3 aromatic rings. The molecule has 0 saturated carbocycles. The lowest BCUT2D eigenvalue weighted by molar-refractivity contribution is 0.0277. The van der Waals surface area contributed by atoms with Crippen molar-refractivity contribution in [2.75, 3.05) is 39.3 Å². The maximum Gasteiger partial charge on any atom is 0.243 e. The lowest BCUT2D eigenvalue weighted by Crippen LogP contribution is -2.33. The molecule has 3 heterocycles. The Morgan fingerprint density at radius 1 is 1.16 bits per heavy atom. The lowest BCUT2D eigenvalue weighted by atomic mass is 10.2. The van der Waals surface area contributed by atoms with Crippen LogP contribution in [0.15, 0.2) is 30.6 Å². The molecule has 3 atom stereocenters. The van der Waals surface area contributed by atoms with Crippen LogP contribution in [0.2, 0.25) is 5.02 Å². The van der Waals surface area contributed by atoms with Crippen LogP contribution in [-0.4, -0.2) is 79.0 Å². The van der Waals surface area contributed by atoms with Gasteiger partial charge in [0, 0.05) is 26.1 Å². The predicted molar refractivity (Wildman–Crippen MR) is 137 cm³/mol. The van der Waals surface area contributed by atoms with E-state index < -0.39 is 21.4 Å². The quantitative estimate of drug-likeness (QED) is 0.343. The molecular weight excluding hydrogens is 540 g/mol.